The third-order valence-electron chi connectivity index (χ3n) is 4.55. The Bertz CT molecular complexity index is 540. The van der Waals surface area contributed by atoms with Crippen LogP contribution in [0.2, 0.25) is 0 Å². The summed E-state index contributed by atoms with van der Waals surface area (Å²) in [5.74, 6) is -0.765. The Morgan fingerprint density at radius 2 is 2.19 bits per heavy atom. The van der Waals surface area contributed by atoms with Crippen LogP contribution in [0.5, 0.6) is 0 Å². The van der Waals surface area contributed by atoms with E-state index in [9.17, 15) is 19.8 Å². The first kappa shape index (κ1) is 14.1. The summed E-state index contributed by atoms with van der Waals surface area (Å²) in [4.78, 5) is 32.3. The number of hydrogen-bond donors (Lipinski definition) is 3. The largest absolute Gasteiger partial charge is 0.481 e. The summed E-state index contributed by atoms with van der Waals surface area (Å²) in [6.07, 6.45) is 4.87. The molecule has 114 valence electrons. The maximum atomic E-state index is 12.3. The molecule has 21 heavy (non-hydrogen) atoms. The topological polar surface area (TPSA) is 107 Å². The molecule has 1 saturated heterocycles. The van der Waals surface area contributed by atoms with Gasteiger partial charge in [0, 0.05) is 25.5 Å². The molecule has 1 aliphatic heterocycles. The van der Waals surface area contributed by atoms with Crippen molar-refractivity contribution in [2.45, 2.75) is 31.8 Å². The van der Waals surface area contributed by atoms with Crippen molar-refractivity contribution in [2.24, 2.45) is 11.3 Å². The highest BCUT2D eigenvalue weighted by molar-refractivity contribution is 5.91. The summed E-state index contributed by atoms with van der Waals surface area (Å²) >= 11 is 0. The second-order valence-electron chi connectivity index (χ2n) is 6.08. The number of aliphatic carboxylic acids is 1. The number of carboxylic acid groups (broad SMARTS) is 1. The Hall–Kier alpha value is -1.89. The maximum Gasteiger partial charge on any atom is 0.314 e. The van der Waals surface area contributed by atoms with Gasteiger partial charge in [-0.15, -0.1) is 0 Å². The number of carboxylic acids is 1. The number of imidazole rings is 1. The fourth-order valence-electron chi connectivity index (χ4n) is 3.12. The van der Waals surface area contributed by atoms with Crippen LogP contribution >= 0.6 is 0 Å². The molecular weight excluding hydrogens is 274 g/mol. The van der Waals surface area contributed by atoms with E-state index < -0.39 is 17.5 Å². The van der Waals surface area contributed by atoms with Gasteiger partial charge in [-0.1, -0.05) is 12.8 Å². The second kappa shape index (κ2) is 5.14. The summed E-state index contributed by atoms with van der Waals surface area (Å²) < 4.78 is 0. The highest BCUT2D eigenvalue weighted by Gasteiger charge is 2.52. The van der Waals surface area contributed by atoms with Crippen molar-refractivity contribution in [1.82, 2.24) is 14.9 Å². The number of carbonyl (C=O) groups excluding carboxylic acids is 1. The van der Waals surface area contributed by atoms with Crippen LogP contribution < -0.4 is 0 Å². The number of nitrogens with one attached hydrogen (secondary N) is 1. The Morgan fingerprint density at radius 3 is 2.76 bits per heavy atom. The quantitative estimate of drug-likeness (QED) is 0.749. The van der Waals surface area contributed by atoms with Gasteiger partial charge in [-0.25, -0.2) is 4.98 Å². The Balaban J connectivity index is 1.82. The number of nitrogens with zero attached hydrogens (tertiary/aromatic N) is 2. The van der Waals surface area contributed by atoms with Gasteiger partial charge in [-0.2, -0.15) is 0 Å². The molecule has 1 aliphatic carbocycles. The Kier molecular flexibility index (Phi) is 3.44. The minimum atomic E-state index is -1.25. The molecule has 2 atom stereocenters. The van der Waals surface area contributed by atoms with Gasteiger partial charge in [0.1, 0.15) is 5.41 Å². The molecular formula is C14H19N3O4. The van der Waals surface area contributed by atoms with Crippen molar-refractivity contribution in [3.63, 3.8) is 0 Å². The summed E-state index contributed by atoms with van der Waals surface area (Å²) in [5, 5.41) is 19.9. The third-order valence-corrected chi connectivity index (χ3v) is 4.55. The minimum absolute atomic E-state index is 0.0412. The molecule has 1 aromatic heterocycles. The third kappa shape index (κ3) is 2.53. The van der Waals surface area contributed by atoms with Crippen LogP contribution in [0.25, 0.3) is 0 Å². The molecule has 2 aliphatic rings. The molecule has 2 heterocycles. The van der Waals surface area contributed by atoms with Crippen molar-refractivity contribution in [3.8, 4) is 0 Å². The predicted octanol–water partition coefficient (Wildman–Crippen LogP) is 0.488. The molecule has 1 amide bonds. The van der Waals surface area contributed by atoms with E-state index in [2.05, 4.69) is 9.97 Å². The van der Waals surface area contributed by atoms with Gasteiger partial charge < -0.3 is 20.1 Å². The SMILES string of the molecule is O=C(c1ncc[nH]1)N1CC[C@@H](O)[C@](CC2CC2)(C(=O)O)C1. The van der Waals surface area contributed by atoms with Crippen LogP contribution in [0.4, 0.5) is 0 Å². The fraction of sp³-hybridized carbons (Fsp3) is 0.643. The van der Waals surface area contributed by atoms with Crippen LogP contribution in [-0.2, 0) is 4.79 Å². The minimum Gasteiger partial charge on any atom is -0.481 e. The van der Waals surface area contributed by atoms with E-state index in [1.165, 1.54) is 11.1 Å². The molecule has 2 fully saturated rings. The summed E-state index contributed by atoms with van der Waals surface area (Å²) in [7, 11) is 0. The van der Waals surface area contributed by atoms with Crippen LogP contribution in [0.3, 0.4) is 0 Å². The number of aromatic nitrogens is 2. The highest BCUT2D eigenvalue weighted by atomic mass is 16.4. The molecule has 1 saturated carbocycles. The lowest BCUT2D eigenvalue weighted by molar-refractivity contribution is -0.163. The summed E-state index contributed by atoms with van der Waals surface area (Å²) in [6.45, 7) is 0.389. The molecule has 0 radical (unpaired) electrons. The van der Waals surface area contributed by atoms with Gasteiger partial charge in [0.15, 0.2) is 5.82 Å². The number of aromatic amines is 1. The van der Waals surface area contributed by atoms with E-state index in [1.54, 1.807) is 6.20 Å². The monoisotopic (exact) mass is 293 g/mol. The number of aliphatic hydroxyl groups excluding tert-OH is 1. The molecule has 0 unspecified atom stereocenters. The molecule has 3 N–H and O–H groups in total. The first-order valence-corrected chi connectivity index (χ1v) is 7.23. The molecule has 0 spiro atoms. The maximum absolute atomic E-state index is 12.3. The lowest BCUT2D eigenvalue weighted by Crippen LogP contribution is -2.57. The van der Waals surface area contributed by atoms with E-state index in [1.807, 2.05) is 0 Å². The average Bonchev–Trinajstić information content (AvgIpc) is 3.10. The highest BCUT2D eigenvalue weighted by Crippen LogP contribution is 2.45. The smallest absolute Gasteiger partial charge is 0.314 e. The van der Waals surface area contributed by atoms with Crippen molar-refractivity contribution < 1.29 is 19.8 Å². The molecule has 3 rings (SSSR count). The number of H-pyrrole nitrogens is 1. The standard InChI is InChI=1S/C14H19N3O4/c18-10-3-6-17(12(19)11-15-4-5-16-11)8-14(10,13(20)21)7-9-1-2-9/h4-5,9-10,18H,1-3,6-8H2,(H,15,16)(H,20,21)/t10-,14-/m1/s1. The summed E-state index contributed by atoms with van der Waals surface area (Å²) in [5.41, 5.74) is -1.25. The van der Waals surface area contributed by atoms with E-state index in [0.29, 0.717) is 18.9 Å². The number of amides is 1. The van der Waals surface area contributed by atoms with Gasteiger partial charge in [-0.05, 0) is 18.8 Å². The van der Waals surface area contributed by atoms with Crippen LogP contribution in [-0.4, -0.2) is 56.2 Å². The summed E-state index contributed by atoms with van der Waals surface area (Å²) in [6, 6.07) is 0. The van der Waals surface area contributed by atoms with Gasteiger partial charge in [0.2, 0.25) is 0 Å². The normalized spacial score (nSPS) is 29.4. The van der Waals surface area contributed by atoms with Crippen molar-refractivity contribution in [2.75, 3.05) is 13.1 Å². The zero-order chi connectivity index (χ0) is 15.0. The molecule has 1 aromatic rings. The van der Waals surface area contributed by atoms with Gasteiger partial charge >= 0.3 is 5.97 Å². The number of likely N-dealkylation sites (tertiary alicyclic amines) is 1. The lowest BCUT2D eigenvalue weighted by Gasteiger charge is -2.43. The van der Waals surface area contributed by atoms with E-state index >= 15 is 0 Å². The first-order valence-electron chi connectivity index (χ1n) is 7.23. The molecule has 0 aromatic carbocycles. The van der Waals surface area contributed by atoms with Crippen molar-refractivity contribution in [3.05, 3.63) is 18.2 Å². The number of aliphatic hydroxyl groups is 1. The fourth-order valence-corrected chi connectivity index (χ4v) is 3.12. The number of piperidine rings is 1. The second-order valence-corrected chi connectivity index (χ2v) is 6.08. The predicted molar refractivity (Wildman–Crippen MR) is 72.5 cm³/mol. The van der Waals surface area contributed by atoms with E-state index in [-0.39, 0.29) is 24.7 Å². The van der Waals surface area contributed by atoms with E-state index in [0.717, 1.165) is 12.8 Å². The zero-order valence-corrected chi connectivity index (χ0v) is 11.7. The van der Waals surface area contributed by atoms with Crippen molar-refractivity contribution >= 4 is 11.9 Å². The number of rotatable bonds is 4. The molecule has 0 bridgehead atoms. The Labute approximate surface area is 122 Å². The average molecular weight is 293 g/mol. The van der Waals surface area contributed by atoms with Gasteiger partial charge in [-0.3, -0.25) is 9.59 Å². The van der Waals surface area contributed by atoms with Crippen molar-refractivity contribution in [1.29, 1.82) is 0 Å². The Morgan fingerprint density at radius 1 is 1.43 bits per heavy atom. The lowest BCUT2D eigenvalue weighted by atomic mass is 9.73. The van der Waals surface area contributed by atoms with Gasteiger partial charge in [0.05, 0.1) is 6.10 Å². The van der Waals surface area contributed by atoms with E-state index in [4.69, 9.17) is 0 Å². The number of carbonyl (C=O) groups is 2. The van der Waals surface area contributed by atoms with Crippen LogP contribution in [0, 0.1) is 11.3 Å². The first-order chi connectivity index (χ1) is 10.0. The zero-order valence-electron chi connectivity index (χ0n) is 11.7. The van der Waals surface area contributed by atoms with Crippen LogP contribution in [0.1, 0.15) is 36.3 Å². The number of hydrogen-bond acceptors (Lipinski definition) is 4. The molecule has 7 nitrogen and oxygen atoms in total. The van der Waals surface area contributed by atoms with Gasteiger partial charge in [0.25, 0.3) is 5.91 Å². The molecule has 7 heteroatoms. The van der Waals surface area contributed by atoms with Crippen LogP contribution in [0.15, 0.2) is 12.4 Å².